The number of aromatic nitrogens is 1. The van der Waals surface area contributed by atoms with Crippen LogP contribution in [0.1, 0.15) is 19.3 Å². The Bertz CT molecular complexity index is 465. The maximum atomic E-state index is 11.6. The summed E-state index contributed by atoms with van der Waals surface area (Å²) in [5.41, 5.74) is 0. The quantitative estimate of drug-likeness (QED) is 0.779. The Morgan fingerprint density at radius 3 is 2.74 bits per heavy atom. The Morgan fingerprint density at radius 1 is 1.26 bits per heavy atom. The van der Waals surface area contributed by atoms with Crippen LogP contribution in [-0.4, -0.2) is 39.9 Å². The fourth-order valence-corrected chi connectivity index (χ4v) is 2.79. The molecule has 1 saturated carbocycles. The van der Waals surface area contributed by atoms with Gasteiger partial charge in [-0.1, -0.05) is 0 Å². The number of ether oxygens (including phenoxy) is 2. The molecule has 1 aromatic heterocycles. The first kappa shape index (κ1) is 12.2. The third-order valence-electron chi connectivity index (χ3n) is 3.68. The van der Waals surface area contributed by atoms with E-state index in [0.29, 0.717) is 11.3 Å². The van der Waals surface area contributed by atoms with Gasteiger partial charge in [-0.2, -0.15) is 0 Å². The van der Waals surface area contributed by atoms with Gasteiger partial charge >= 0.3 is 6.16 Å². The minimum Gasteiger partial charge on any atom is -0.492 e. The van der Waals surface area contributed by atoms with Crippen LogP contribution in [0.3, 0.4) is 0 Å². The molecule has 104 valence electrons. The highest BCUT2D eigenvalue weighted by Crippen LogP contribution is 2.37. The number of carbonyl (C=O) groups excluding carboxylic acids is 1. The van der Waals surface area contributed by atoms with Crippen molar-refractivity contribution in [3.63, 3.8) is 0 Å². The predicted octanol–water partition coefficient (Wildman–Crippen LogP) is 1.03. The Morgan fingerprint density at radius 2 is 2.00 bits per heavy atom. The standard InChI is InChI=1S/C12H15NO6/c14-10-3-4-11(15)13(10)19-12(16)18-9-2-1-8-7(9)5-6-17-8/h3-4,7-9,14-15H,1-2,5-6H2/t7-,8-,9+/m1/s1. The molecule has 0 bridgehead atoms. The summed E-state index contributed by atoms with van der Waals surface area (Å²) < 4.78 is 11.4. The van der Waals surface area contributed by atoms with E-state index >= 15 is 0 Å². The number of fused-ring (bicyclic) bond motifs is 1. The number of nitrogens with zero attached hydrogens (tertiary/aromatic N) is 1. The van der Waals surface area contributed by atoms with Gasteiger partial charge < -0.3 is 19.7 Å². The van der Waals surface area contributed by atoms with Gasteiger partial charge in [0, 0.05) is 24.7 Å². The van der Waals surface area contributed by atoms with E-state index in [-0.39, 0.29) is 29.9 Å². The number of hydrogen-bond acceptors (Lipinski definition) is 6. The van der Waals surface area contributed by atoms with Crippen LogP contribution in [0, 0.1) is 5.92 Å². The van der Waals surface area contributed by atoms with Gasteiger partial charge in [0.1, 0.15) is 6.10 Å². The Hall–Kier alpha value is -1.89. The van der Waals surface area contributed by atoms with E-state index in [9.17, 15) is 15.0 Å². The highest BCUT2D eigenvalue weighted by molar-refractivity contribution is 5.61. The second-order valence-electron chi connectivity index (χ2n) is 4.78. The molecule has 0 unspecified atom stereocenters. The maximum absolute atomic E-state index is 11.6. The van der Waals surface area contributed by atoms with Crippen LogP contribution in [-0.2, 0) is 9.47 Å². The van der Waals surface area contributed by atoms with Crippen molar-refractivity contribution in [2.45, 2.75) is 31.5 Å². The topological polar surface area (TPSA) is 90.2 Å². The van der Waals surface area contributed by atoms with Gasteiger partial charge in [0.25, 0.3) is 0 Å². The third kappa shape index (κ3) is 2.21. The third-order valence-corrected chi connectivity index (χ3v) is 3.68. The number of hydrogen-bond donors (Lipinski definition) is 2. The predicted molar refractivity (Wildman–Crippen MR) is 61.7 cm³/mol. The lowest BCUT2D eigenvalue weighted by atomic mass is 10.0. The second kappa shape index (κ2) is 4.65. The summed E-state index contributed by atoms with van der Waals surface area (Å²) >= 11 is 0. The molecule has 3 rings (SSSR count). The fraction of sp³-hybridized carbons (Fsp3) is 0.583. The average molecular weight is 269 g/mol. The van der Waals surface area contributed by atoms with Gasteiger partial charge in [-0.25, -0.2) is 4.79 Å². The van der Waals surface area contributed by atoms with Gasteiger partial charge in [-0.05, 0) is 19.3 Å². The average Bonchev–Trinajstić information content (AvgIpc) is 3.03. The van der Waals surface area contributed by atoms with E-state index in [4.69, 9.17) is 14.3 Å². The van der Waals surface area contributed by atoms with Gasteiger partial charge in [-0.3, -0.25) is 4.84 Å². The lowest BCUT2D eigenvalue weighted by Crippen LogP contribution is -2.29. The minimum atomic E-state index is -0.945. The SMILES string of the molecule is O=C(O[C@H]1CC[C@H]2OCC[C@@H]12)On1c(O)ccc1O. The largest absolute Gasteiger partial charge is 0.534 e. The summed E-state index contributed by atoms with van der Waals surface area (Å²) in [6.45, 7) is 0.698. The summed E-state index contributed by atoms with van der Waals surface area (Å²) in [6.07, 6.45) is 1.50. The number of carbonyl (C=O) groups is 1. The molecule has 1 aliphatic carbocycles. The summed E-state index contributed by atoms with van der Waals surface area (Å²) in [6, 6.07) is 2.41. The van der Waals surface area contributed by atoms with E-state index in [1.807, 2.05) is 0 Å². The van der Waals surface area contributed by atoms with Crippen LogP contribution >= 0.6 is 0 Å². The van der Waals surface area contributed by atoms with E-state index < -0.39 is 6.16 Å². The first-order chi connectivity index (χ1) is 9.15. The molecule has 0 radical (unpaired) electrons. The molecule has 2 N–H and O–H groups in total. The first-order valence-corrected chi connectivity index (χ1v) is 6.25. The highest BCUT2D eigenvalue weighted by Gasteiger charge is 2.42. The zero-order valence-corrected chi connectivity index (χ0v) is 10.2. The van der Waals surface area contributed by atoms with Crippen LogP contribution in [0.5, 0.6) is 11.8 Å². The molecular weight excluding hydrogens is 254 g/mol. The van der Waals surface area contributed by atoms with E-state index in [0.717, 1.165) is 19.3 Å². The molecule has 0 amide bonds. The molecule has 1 aromatic rings. The van der Waals surface area contributed by atoms with Crippen molar-refractivity contribution < 1.29 is 29.3 Å². The second-order valence-corrected chi connectivity index (χ2v) is 4.78. The zero-order valence-electron chi connectivity index (χ0n) is 10.2. The summed E-state index contributed by atoms with van der Waals surface area (Å²) in [7, 11) is 0. The molecule has 3 atom stereocenters. The molecule has 19 heavy (non-hydrogen) atoms. The van der Waals surface area contributed by atoms with Crippen molar-refractivity contribution in [3.8, 4) is 11.8 Å². The smallest absolute Gasteiger partial charge is 0.492 e. The van der Waals surface area contributed by atoms with Gasteiger partial charge in [0.15, 0.2) is 0 Å². The van der Waals surface area contributed by atoms with Crippen LogP contribution in [0.25, 0.3) is 0 Å². The zero-order chi connectivity index (χ0) is 13.4. The molecule has 2 heterocycles. The Labute approximate surface area is 109 Å². The van der Waals surface area contributed by atoms with Crippen molar-refractivity contribution in [2.75, 3.05) is 6.61 Å². The molecule has 7 heteroatoms. The van der Waals surface area contributed by atoms with Gasteiger partial charge in [0.2, 0.25) is 11.8 Å². The highest BCUT2D eigenvalue weighted by atomic mass is 16.8. The summed E-state index contributed by atoms with van der Waals surface area (Å²) in [4.78, 5) is 16.4. The molecule has 1 aliphatic heterocycles. The van der Waals surface area contributed by atoms with Crippen LogP contribution in [0.4, 0.5) is 4.79 Å². The van der Waals surface area contributed by atoms with Crippen molar-refractivity contribution in [1.29, 1.82) is 0 Å². The van der Waals surface area contributed by atoms with Crippen molar-refractivity contribution in [3.05, 3.63) is 12.1 Å². The first-order valence-electron chi connectivity index (χ1n) is 6.25. The van der Waals surface area contributed by atoms with E-state index in [1.54, 1.807) is 0 Å². The Kier molecular flexibility index (Phi) is 2.98. The molecule has 7 nitrogen and oxygen atoms in total. The molecule has 1 saturated heterocycles. The van der Waals surface area contributed by atoms with Crippen LogP contribution in [0.15, 0.2) is 12.1 Å². The van der Waals surface area contributed by atoms with Gasteiger partial charge in [0.05, 0.1) is 6.10 Å². The lowest BCUT2D eigenvalue weighted by Gasteiger charge is -2.17. The number of rotatable bonds is 2. The number of aromatic hydroxyl groups is 2. The van der Waals surface area contributed by atoms with Crippen LogP contribution < -0.4 is 4.84 Å². The molecule has 2 fully saturated rings. The van der Waals surface area contributed by atoms with Crippen molar-refractivity contribution >= 4 is 6.16 Å². The minimum absolute atomic E-state index is 0.172. The lowest BCUT2D eigenvalue weighted by molar-refractivity contribution is -0.00409. The van der Waals surface area contributed by atoms with Crippen LogP contribution in [0.2, 0.25) is 0 Å². The molecule has 0 spiro atoms. The summed E-state index contributed by atoms with van der Waals surface area (Å²) in [5.74, 6) is -0.523. The van der Waals surface area contributed by atoms with Crippen molar-refractivity contribution in [1.82, 2.24) is 4.73 Å². The van der Waals surface area contributed by atoms with E-state index in [2.05, 4.69) is 0 Å². The fourth-order valence-electron chi connectivity index (χ4n) is 2.79. The summed E-state index contributed by atoms with van der Waals surface area (Å²) in [5, 5.41) is 18.7. The van der Waals surface area contributed by atoms with Crippen molar-refractivity contribution in [2.24, 2.45) is 5.92 Å². The normalized spacial score (nSPS) is 29.2. The molecule has 0 aromatic carbocycles. The van der Waals surface area contributed by atoms with E-state index in [1.165, 1.54) is 12.1 Å². The Balaban J connectivity index is 1.60. The maximum Gasteiger partial charge on any atom is 0.534 e. The molecule has 2 aliphatic rings. The molecular formula is C12H15NO6. The van der Waals surface area contributed by atoms with Gasteiger partial charge in [-0.15, -0.1) is 4.73 Å². The monoisotopic (exact) mass is 269 g/mol.